The molecule has 0 bridgehead atoms. The SMILES string of the molecule is COC(=O)c1cc(C(C)(C)C)c(OP(O)c2ccccc2)c(C(C)(C)C)c1. The summed E-state index contributed by atoms with van der Waals surface area (Å²) in [5.41, 5.74) is 1.65. The predicted octanol–water partition coefficient (Wildman–Crippen LogP) is 5.08. The van der Waals surface area contributed by atoms with Crippen LogP contribution in [0.4, 0.5) is 0 Å². The molecule has 1 atom stereocenters. The van der Waals surface area contributed by atoms with Crippen LogP contribution in [0.1, 0.15) is 63.0 Å². The number of esters is 1. The van der Waals surface area contributed by atoms with Gasteiger partial charge in [0, 0.05) is 16.4 Å². The largest absolute Gasteiger partial charge is 0.465 e. The Balaban J connectivity index is 2.67. The normalized spacial score (nSPS) is 13.2. The van der Waals surface area contributed by atoms with Gasteiger partial charge in [0.2, 0.25) is 0 Å². The van der Waals surface area contributed by atoms with Gasteiger partial charge >= 0.3 is 5.97 Å². The second-order valence-corrected chi connectivity index (χ2v) is 9.84. The number of rotatable bonds is 4. The molecule has 146 valence electrons. The maximum absolute atomic E-state index is 12.2. The standard InChI is InChI=1S/C22H29O4P/c1-21(2,3)17-13-15(20(23)25-7)14-18(22(4,5)6)19(17)26-27(24)16-11-9-8-10-12-16/h8-14,24H,1-7H3. The van der Waals surface area contributed by atoms with Crippen LogP contribution < -0.4 is 9.83 Å². The van der Waals surface area contributed by atoms with Crippen molar-refractivity contribution in [3.8, 4) is 5.75 Å². The molecule has 27 heavy (non-hydrogen) atoms. The monoisotopic (exact) mass is 388 g/mol. The van der Waals surface area contributed by atoms with Crippen LogP contribution in [-0.4, -0.2) is 18.0 Å². The molecule has 0 radical (unpaired) electrons. The summed E-state index contributed by atoms with van der Waals surface area (Å²) >= 11 is 0. The number of hydrogen-bond donors (Lipinski definition) is 1. The highest BCUT2D eigenvalue weighted by atomic mass is 31.2. The lowest BCUT2D eigenvalue weighted by molar-refractivity contribution is 0.0600. The Labute approximate surface area is 163 Å². The summed E-state index contributed by atoms with van der Waals surface area (Å²) in [5.74, 6) is 0.256. The first-order valence-electron chi connectivity index (χ1n) is 8.94. The molecule has 2 aromatic carbocycles. The van der Waals surface area contributed by atoms with E-state index in [1.54, 1.807) is 0 Å². The van der Waals surface area contributed by atoms with Crippen molar-refractivity contribution in [2.24, 2.45) is 0 Å². The third-order valence-electron chi connectivity index (χ3n) is 4.28. The summed E-state index contributed by atoms with van der Waals surface area (Å²) in [7, 11) is -0.446. The highest BCUT2D eigenvalue weighted by Gasteiger charge is 2.31. The third kappa shape index (κ3) is 5.09. The lowest BCUT2D eigenvalue weighted by Crippen LogP contribution is -2.21. The molecule has 0 fully saturated rings. The van der Waals surface area contributed by atoms with Gasteiger partial charge in [0.05, 0.1) is 12.7 Å². The highest BCUT2D eigenvalue weighted by molar-refractivity contribution is 7.55. The van der Waals surface area contributed by atoms with Crippen LogP contribution in [0.2, 0.25) is 0 Å². The average molecular weight is 388 g/mol. The highest BCUT2D eigenvalue weighted by Crippen LogP contribution is 2.45. The molecule has 5 heteroatoms. The Bertz CT molecular complexity index is 766. The third-order valence-corrected chi connectivity index (χ3v) is 5.38. The minimum atomic E-state index is -1.82. The summed E-state index contributed by atoms with van der Waals surface area (Å²) in [5, 5.41) is 0.740. The van der Waals surface area contributed by atoms with Crippen molar-refractivity contribution in [1.82, 2.24) is 0 Å². The minimum Gasteiger partial charge on any atom is -0.465 e. The number of carbonyl (C=O) groups excluding carboxylic acids is 1. The molecule has 0 aliphatic carbocycles. The molecule has 0 amide bonds. The molecule has 0 aromatic heterocycles. The number of hydrogen-bond acceptors (Lipinski definition) is 4. The summed E-state index contributed by atoms with van der Waals surface area (Å²) in [4.78, 5) is 22.9. The summed E-state index contributed by atoms with van der Waals surface area (Å²) in [6.45, 7) is 12.4. The minimum absolute atomic E-state index is 0.285. The van der Waals surface area contributed by atoms with Crippen LogP contribution in [0, 0.1) is 0 Å². The molecule has 0 aliphatic rings. The fourth-order valence-electron chi connectivity index (χ4n) is 2.77. The molecule has 0 heterocycles. The zero-order valence-corrected chi connectivity index (χ0v) is 18.1. The maximum atomic E-state index is 12.2. The lowest BCUT2D eigenvalue weighted by Gasteiger charge is -2.31. The Morgan fingerprint density at radius 3 is 1.81 bits per heavy atom. The van der Waals surface area contributed by atoms with Gasteiger partial charge in [-0.05, 0) is 35.1 Å². The molecular formula is C22H29O4P. The van der Waals surface area contributed by atoms with Gasteiger partial charge in [0.1, 0.15) is 5.75 Å². The van der Waals surface area contributed by atoms with E-state index in [1.165, 1.54) is 7.11 Å². The number of methoxy groups -OCH3 is 1. The van der Waals surface area contributed by atoms with Crippen LogP contribution in [0.3, 0.4) is 0 Å². The first kappa shape index (κ1) is 21.4. The van der Waals surface area contributed by atoms with Crippen molar-refractivity contribution in [2.45, 2.75) is 52.4 Å². The van der Waals surface area contributed by atoms with Crippen molar-refractivity contribution in [3.63, 3.8) is 0 Å². The van der Waals surface area contributed by atoms with E-state index < -0.39 is 8.38 Å². The fourth-order valence-corrected chi connectivity index (χ4v) is 3.67. The van der Waals surface area contributed by atoms with Crippen LogP contribution in [0.15, 0.2) is 42.5 Å². The topological polar surface area (TPSA) is 55.8 Å². The molecular weight excluding hydrogens is 359 g/mol. The average Bonchev–Trinajstić information content (AvgIpc) is 2.59. The van der Waals surface area contributed by atoms with E-state index in [9.17, 15) is 9.69 Å². The van der Waals surface area contributed by atoms with Crippen LogP contribution >= 0.6 is 8.38 Å². The zero-order chi connectivity index (χ0) is 20.4. The van der Waals surface area contributed by atoms with Crippen molar-refractivity contribution in [2.75, 3.05) is 7.11 Å². The van der Waals surface area contributed by atoms with Crippen molar-refractivity contribution < 1.29 is 18.9 Å². The number of ether oxygens (including phenoxy) is 1. The van der Waals surface area contributed by atoms with Gasteiger partial charge in [-0.1, -0.05) is 59.7 Å². The van der Waals surface area contributed by atoms with E-state index in [4.69, 9.17) is 9.26 Å². The molecule has 2 aromatic rings. The number of benzene rings is 2. The first-order valence-corrected chi connectivity index (χ1v) is 10.2. The van der Waals surface area contributed by atoms with E-state index in [0.29, 0.717) is 11.3 Å². The van der Waals surface area contributed by atoms with E-state index >= 15 is 0 Å². The second-order valence-electron chi connectivity index (χ2n) is 8.59. The Morgan fingerprint density at radius 2 is 1.41 bits per heavy atom. The Kier molecular flexibility index (Phi) is 6.34. The van der Waals surface area contributed by atoms with Gasteiger partial charge < -0.3 is 14.2 Å². The van der Waals surface area contributed by atoms with E-state index in [1.807, 2.05) is 42.5 Å². The van der Waals surface area contributed by atoms with Crippen molar-refractivity contribution >= 4 is 19.6 Å². The van der Waals surface area contributed by atoms with Crippen molar-refractivity contribution in [1.29, 1.82) is 0 Å². The fraction of sp³-hybridized carbons (Fsp3) is 0.409. The Morgan fingerprint density at radius 1 is 0.926 bits per heavy atom. The summed E-state index contributed by atoms with van der Waals surface area (Å²) < 4.78 is 11.1. The molecule has 0 saturated carbocycles. The van der Waals surface area contributed by atoms with E-state index in [0.717, 1.165) is 16.4 Å². The molecule has 1 N–H and O–H groups in total. The van der Waals surface area contributed by atoms with Gasteiger partial charge in [0.15, 0.2) is 0 Å². The van der Waals surface area contributed by atoms with Crippen molar-refractivity contribution in [3.05, 3.63) is 59.2 Å². The quantitative estimate of drug-likeness (QED) is 0.586. The molecule has 2 rings (SSSR count). The molecule has 0 aliphatic heterocycles. The van der Waals surface area contributed by atoms with E-state index in [-0.39, 0.29) is 16.8 Å². The summed E-state index contributed by atoms with van der Waals surface area (Å²) in [6, 6.07) is 13.0. The zero-order valence-electron chi connectivity index (χ0n) is 17.2. The van der Waals surface area contributed by atoms with Crippen LogP contribution in [-0.2, 0) is 15.6 Å². The smallest absolute Gasteiger partial charge is 0.337 e. The molecule has 0 saturated heterocycles. The predicted molar refractivity (Wildman–Crippen MR) is 111 cm³/mol. The Hall–Kier alpha value is -1.90. The first-order chi connectivity index (χ1) is 12.4. The summed E-state index contributed by atoms with van der Waals surface area (Å²) in [6.07, 6.45) is 0. The van der Waals surface area contributed by atoms with E-state index in [2.05, 4.69) is 41.5 Å². The van der Waals surface area contributed by atoms with Gasteiger partial charge in [-0.25, -0.2) is 4.79 Å². The van der Waals surface area contributed by atoms with Gasteiger partial charge in [-0.2, -0.15) is 0 Å². The van der Waals surface area contributed by atoms with Gasteiger partial charge in [-0.3, -0.25) is 0 Å². The second kappa shape index (κ2) is 8.00. The van der Waals surface area contributed by atoms with Crippen LogP contribution in [0.5, 0.6) is 5.75 Å². The number of carbonyl (C=O) groups is 1. The van der Waals surface area contributed by atoms with Crippen LogP contribution in [0.25, 0.3) is 0 Å². The molecule has 1 unspecified atom stereocenters. The molecule has 4 nitrogen and oxygen atoms in total. The lowest BCUT2D eigenvalue weighted by atomic mass is 9.78. The maximum Gasteiger partial charge on any atom is 0.337 e. The molecule has 0 spiro atoms. The van der Waals surface area contributed by atoms with Gasteiger partial charge in [0.25, 0.3) is 8.38 Å². The van der Waals surface area contributed by atoms with Gasteiger partial charge in [-0.15, -0.1) is 0 Å².